The average Bonchev–Trinajstić information content (AvgIpc) is 2.50. The van der Waals surface area contributed by atoms with Crippen molar-refractivity contribution < 1.29 is 9.90 Å². The van der Waals surface area contributed by atoms with Crippen LogP contribution in [0.1, 0.15) is 35.7 Å². The molecular formula is C14H14O2. The number of carboxylic acids is 1. The predicted octanol–water partition coefficient (Wildman–Crippen LogP) is 3.61. The molecule has 0 aromatic carbocycles. The third-order valence-electron chi connectivity index (χ3n) is 2.83. The fraction of sp³-hybridized carbons (Fsp3) is 0.214. The van der Waals surface area contributed by atoms with Gasteiger partial charge in [0.2, 0.25) is 0 Å². The lowest BCUT2D eigenvalue weighted by molar-refractivity contribution is 0.0698. The second-order valence-electron chi connectivity index (χ2n) is 4.24. The zero-order valence-corrected chi connectivity index (χ0v) is 9.40. The monoisotopic (exact) mass is 214 g/mol. The van der Waals surface area contributed by atoms with E-state index in [9.17, 15) is 4.79 Å². The minimum Gasteiger partial charge on any atom is -0.478 e. The van der Waals surface area contributed by atoms with E-state index in [-0.39, 0.29) is 0 Å². The molecule has 0 unspecified atom stereocenters. The quantitative estimate of drug-likeness (QED) is 0.829. The van der Waals surface area contributed by atoms with Crippen LogP contribution in [0.4, 0.5) is 0 Å². The van der Waals surface area contributed by atoms with E-state index < -0.39 is 5.97 Å². The fourth-order valence-corrected chi connectivity index (χ4v) is 1.83. The van der Waals surface area contributed by atoms with Gasteiger partial charge in [-0.1, -0.05) is 44.2 Å². The molecule has 82 valence electrons. The Kier molecular flexibility index (Phi) is 2.65. The van der Waals surface area contributed by atoms with Gasteiger partial charge in [0, 0.05) is 0 Å². The molecule has 0 spiro atoms. The first-order valence-electron chi connectivity index (χ1n) is 5.35. The van der Waals surface area contributed by atoms with E-state index in [1.807, 2.05) is 24.3 Å². The van der Waals surface area contributed by atoms with Gasteiger partial charge in [-0.05, 0) is 28.7 Å². The molecule has 0 fully saturated rings. The Morgan fingerprint density at radius 3 is 2.31 bits per heavy atom. The lowest BCUT2D eigenvalue weighted by atomic mass is 10.1. The number of fused-ring (bicyclic) bond motifs is 1. The lowest BCUT2D eigenvalue weighted by Crippen LogP contribution is -1.94. The molecule has 2 nitrogen and oxygen atoms in total. The van der Waals surface area contributed by atoms with E-state index in [2.05, 4.69) is 19.9 Å². The molecule has 0 amide bonds. The highest BCUT2D eigenvalue weighted by molar-refractivity contribution is 5.97. The number of carbonyl (C=O) groups is 1. The summed E-state index contributed by atoms with van der Waals surface area (Å²) in [5.74, 6) is -0.419. The van der Waals surface area contributed by atoms with Crippen molar-refractivity contribution in [3.8, 4) is 11.1 Å². The van der Waals surface area contributed by atoms with Crippen LogP contribution in [0.2, 0.25) is 0 Å². The maximum atomic E-state index is 11.0. The van der Waals surface area contributed by atoms with Crippen LogP contribution >= 0.6 is 0 Å². The highest BCUT2D eigenvalue weighted by Crippen LogP contribution is 2.28. The Hall–Kier alpha value is -1.83. The van der Waals surface area contributed by atoms with Crippen LogP contribution in [-0.2, 0) is 0 Å². The van der Waals surface area contributed by atoms with Gasteiger partial charge in [0.15, 0.2) is 0 Å². The zero-order valence-electron chi connectivity index (χ0n) is 9.40. The number of hydrogen-bond acceptors (Lipinski definition) is 1. The molecule has 0 atom stereocenters. The topological polar surface area (TPSA) is 37.3 Å². The Bertz CT molecular complexity index is 500. The van der Waals surface area contributed by atoms with E-state index in [0.717, 1.165) is 11.1 Å². The predicted molar refractivity (Wildman–Crippen MR) is 64.1 cm³/mol. The summed E-state index contributed by atoms with van der Waals surface area (Å²) in [5, 5.41) is 9.03. The minimum absolute atomic E-state index is 0.376. The molecule has 0 saturated heterocycles. The van der Waals surface area contributed by atoms with E-state index in [4.69, 9.17) is 5.11 Å². The smallest absolute Gasteiger partial charge is 0.336 e. The average molecular weight is 214 g/mol. The van der Waals surface area contributed by atoms with Crippen molar-refractivity contribution in [2.24, 2.45) is 0 Å². The molecule has 0 bridgehead atoms. The van der Waals surface area contributed by atoms with Crippen LogP contribution in [-0.4, -0.2) is 11.1 Å². The van der Waals surface area contributed by atoms with Gasteiger partial charge in [0.1, 0.15) is 0 Å². The van der Waals surface area contributed by atoms with Gasteiger partial charge >= 0.3 is 5.97 Å². The minimum atomic E-state index is -0.868. The largest absolute Gasteiger partial charge is 0.478 e. The first-order valence-corrected chi connectivity index (χ1v) is 5.35. The van der Waals surface area contributed by atoms with E-state index in [1.165, 1.54) is 5.56 Å². The summed E-state index contributed by atoms with van der Waals surface area (Å²) >= 11 is 0. The summed E-state index contributed by atoms with van der Waals surface area (Å²) in [4.78, 5) is 11.0. The molecule has 2 aliphatic carbocycles. The maximum Gasteiger partial charge on any atom is 0.336 e. The molecule has 0 aliphatic heterocycles. The molecule has 2 aliphatic rings. The van der Waals surface area contributed by atoms with E-state index in [0.29, 0.717) is 11.5 Å². The van der Waals surface area contributed by atoms with Crippen LogP contribution in [0.15, 0.2) is 36.4 Å². The fourth-order valence-electron chi connectivity index (χ4n) is 1.83. The van der Waals surface area contributed by atoms with E-state index >= 15 is 0 Å². The molecule has 0 heterocycles. The third-order valence-corrected chi connectivity index (χ3v) is 2.83. The van der Waals surface area contributed by atoms with Crippen LogP contribution in [0.3, 0.4) is 0 Å². The molecule has 2 rings (SSSR count). The Morgan fingerprint density at radius 2 is 1.69 bits per heavy atom. The molecule has 0 aromatic heterocycles. The van der Waals surface area contributed by atoms with Gasteiger partial charge in [-0.15, -0.1) is 0 Å². The van der Waals surface area contributed by atoms with Gasteiger partial charge in [0.25, 0.3) is 0 Å². The standard InChI is InChI=1S/C14H14O2/c1-9(2)10-3-4-11-6-8-13(14(15)16)12(11)7-5-10/h3-9H,1-2H3,(H,15,16). The van der Waals surface area contributed by atoms with Crippen LogP contribution in [0, 0.1) is 0 Å². The normalized spacial score (nSPS) is 10.9. The highest BCUT2D eigenvalue weighted by Gasteiger charge is 2.13. The first kappa shape index (κ1) is 10.7. The van der Waals surface area contributed by atoms with E-state index in [1.54, 1.807) is 6.07 Å². The molecule has 2 heteroatoms. The molecule has 0 saturated carbocycles. The van der Waals surface area contributed by atoms with Gasteiger partial charge in [-0.25, -0.2) is 4.79 Å². The summed E-state index contributed by atoms with van der Waals surface area (Å²) in [6.07, 6.45) is 0. The van der Waals surface area contributed by atoms with Crippen LogP contribution < -0.4 is 0 Å². The maximum absolute atomic E-state index is 11.0. The van der Waals surface area contributed by atoms with Gasteiger partial charge in [-0.2, -0.15) is 0 Å². The zero-order chi connectivity index (χ0) is 11.7. The van der Waals surface area contributed by atoms with Crippen molar-refractivity contribution in [2.45, 2.75) is 19.8 Å². The van der Waals surface area contributed by atoms with Gasteiger partial charge < -0.3 is 5.11 Å². The van der Waals surface area contributed by atoms with Gasteiger partial charge in [-0.3, -0.25) is 0 Å². The van der Waals surface area contributed by atoms with Crippen LogP contribution in [0.5, 0.6) is 0 Å². The second-order valence-corrected chi connectivity index (χ2v) is 4.24. The highest BCUT2D eigenvalue weighted by atomic mass is 16.4. The van der Waals surface area contributed by atoms with Crippen molar-refractivity contribution in [1.29, 1.82) is 0 Å². The lowest BCUT2D eigenvalue weighted by Gasteiger charge is -1.99. The number of aromatic carboxylic acids is 1. The van der Waals surface area contributed by atoms with Crippen LogP contribution in [0.25, 0.3) is 11.1 Å². The second kappa shape index (κ2) is 3.97. The number of rotatable bonds is 2. The van der Waals surface area contributed by atoms with Crippen molar-refractivity contribution in [3.05, 3.63) is 47.5 Å². The summed E-state index contributed by atoms with van der Waals surface area (Å²) in [7, 11) is 0. The number of carboxylic acid groups (broad SMARTS) is 1. The summed E-state index contributed by atoms with van der Waals surface area (Å²) < 4.78 is 0. The van der Waals surface area contributed by atoms with Crippen molar-refractivity contribution in [3.63, 3.8) is 0 Å². The summed E-state index contributed by atoms with van der Waals surface area (Å²) in [6, 6.07) is 11.4. The Morgan fingerprint density at radius 1 is 1.06 bits per heavy atom. The van der Waals surface area contributed by atoms with Crippen molar-refractivity contribution in [1.82, 2.24) is 0 Å². The SMILES string of the molecule is CC(C)c1ccc2ccc(C(=O)O)c-2cc1. The summed E-state index contributed by atoms with van der Waals surface area (Å²) in [6.45, 7) is 4.25. The molecule has 1 N–H and O–H groups in total. The summed E-state index contributed by atoms with van der Waals surface area (Å²) in [5.41, 5.74) is 3.37. The molecule has 16 heavy (non-hydrogen) atoms. The number of hydrogen-bond donors (Lipinski definition) is 1. The molecule has 0 aromatic rings. The Balaban J connectivity index is 2.59. The third kappa shape index (κ3) is 1.78. The van der Waals surface area contributed by atoms with Gasteiger partial charge in [0.05, 0.1) is 5.56 Å². The molecular weight excluding hydrogens is 200 g/mol. The first-order chi connectivity index (χ1) is 7.59. The molecule has 0 radical (unpaired) electrons. The Labute approximate surface area is 94.9 Å². The van der Waals surface area contributed by atoms with Crippen molar-refractivity contribution in [2.75, 3.05) is 0 Å². The van der Waals surface area contributed by atoms with Crippen molar-refractivity contribution >= 4 is 5.97 Å².